The van der Waals surface area contributed by atoms with Crippen LogP contribution in [0.5, 0.6) is 11.5 Å². The minimum atomic E-state index is -0.837. The van der Waals surface area contributed by atoms with Crippen molar-refractivity contribution in [2.75, 3.05) is 33.4 Å². The van der Waals surface area contributed by atoms with E-state index >= 15 is 0 Å². The first kappa shape index (κ1) is 18.9. The van der Waals surface area contributed by atoms with Crippen LogP contribution in [-0.4, -0.2) is 55.4 Å². The smallest absolute Gasteiger partial charge is 0.317 e. The molecule has 2 amide bonds. The molecule has 1 heterocycles. The maximum absolute atomic E-state index is 12.2. The van der Waals surface area contributed by atoms with Crippen LogP contribution in [0.1, 0.15) is 19.8 Å². The summed E-state index contributed by atoms with van der Waals surface area (Å²) in [5.41, 5.74) is 0. The number of benzene rings is 1. The van der Waals surface area contributed by atoms with E-state index < -0.39 is 11.9 Å². The van der Waals surface area contributed by atoms with Gasteiger partial charge in [-0.2, -0.15) is 0 Å². The molecule has 0 bridgehead atoms. The van der Waals surface area contributed by atoms with Crippen LogP contribution in [0.25, 0.3) is 0 Å². The summed E-state index contributed by atoms with van der Waals surface area (Å²) in [6.07, 6.45) is 1.35. The minimum Gasteiger partial charge on any atom is -0.493 e. The Bertz CT molecular complexity index is 593. The first-order chi connectivity index (χ1) is 12.0. The van der Waals surface area contributed by atoms with Crippen LogP contribution in [0.15, 0.2) is 24.3 Å². The predicted octanol–water partition coefficient (Wildman–Crippen LogP) is 2.22. The van der Waals surface area contributed by atoms with Crippen molar-refractivity contribution >= 4 is 12.0 Å². The number of ether oxygens (including phenoxy) is 2. The van der Waals surface area contributed by atoms with Crippen molar-refractivity contribution in [2.45, 2.75) is 19.8 Å². The van der Waals surface area contributed by atoms with Crippen molar-refractivity contribution in [2.24, 2.45) is 11.8 Å². The molecule has 7 heteroatoms. The molecule has 2 unspecified atom stereocenters. The Morgan fingerprint density at radius 3 is 2.76 bits per heavy atom. The Labute approximate surface area is 147 Å². The first-order valence-corrected chi connectivity index (χ1v) is 8.52. The number of hydrogen-bond donors (Lipinski definition) is 2. The summed E-state index contributed by atoms with van der Waals surface area (Å²) in [5.74, 6) is 0.145. The van der Waals surface area contributed by atoms with Crippen molar-refractivity contribution in [3.63, 3.8) is 0 Å². The van der Waals surface area contributed by atoms with Gasteiger partial charge in [-0.3, -0.25) is 4.79 Å². The number of carboxylic acid groups (broad SMARTS) is 1. The van der Waals surface area contributed by atoms with Gasteiger partial charge in [0.2, 0.25) is 0 Å². The van der Waals surface area contributed by atoms with Gasteiger partial charge in [-0.15, -0.1) is 0 Å². The number of hydrogen-bond acceptors (Lipinski definition) is 4. The lowest BCUT2D eigenvalue weighted by Crippen LogP contribution is -2.48. The van der Waals surface area contributed by atoms with E-state index in [4.69, 9.17) is 14.6 Å². The highest BCUT2D eigenvalue weighted by Crippen LogP contribution is 2.26. The van der Waals surface area contributed by atoms with Gasteiger partial charge in [0.25, 0.3) is 0 Å². The van der Waals surface area contributed by atoms with Gasteiger partial charge in [-0.1, -0.05) is 19.1 Å². The SMILES string of the molecule is COc1ccccc1OCC(C)CNC(=O)N1CCCC(C(=O)O)C1. The summed E-state index contributed by atoms with van der Waals surface area (Å²) in [4.78, 5) is 24.9. The summed E-state index contributed by atoms with van der Waals surface area (Å²) in [7, 11) is 1.59. The van der Waals surface area contributed by atoms with E-state index in [0.29, 0.717) is 37.6 Å². The molecule has 1 saturated heterocycles. The standard InChI is InChI=1S/C18H26N2O5/c1-13(12-25-16-8-4-3-7-15(16)24-2)10-19-18(23)20-9-5-6-14(11-20)17(21)22/h3-4,7-8,13-14H,5-6,9-12H2,1-2H3,(H,19,23)(H,21,22). The van der Waals surface area contributed by atoms with E-state index in [9.17, 15) is 9.59 Å². The molecule has 2 rings (SSSR count). The highest BCUT2D eigenvalue weighted by Gasteiger charge is 2.28. The summed E-state index contributed by atoms with van der Waals surface area (Å²) in [6.45, 7) is 3.75. The molecular weight excluding hydrogens is 324 g/mol. The van der Waals surface area contributed by atoms with E-state index in [1.165, 1.54) is 0 Å². The van der Waals surface area contributed by atoms with Gasteiger partial charge in [0.05, 0.1) is 19.6 Å². The lowest BCUT2D eigenvalue weighted by atomic mass is 9.99. The fraction of sp³-hybridized carbons (Fsp3) is 0.556. The number of carbonyl (C=O) groups excluding carboxylic acids is 1. The van der Waals surface area contributed by atoms with Crippen molar-refractivity contribution in [1.29, 1.82) is 0 Å². The summed E-state index contributed by atoms with van der Waals surface area (Å²) in [6, 6.07) is 7.20. The Kier molecular flexibility index (Phi) is 6.91. The molecule has 138 valence electrons. The maximum Gasteiger partial charge on any atom is 0.317 e. The van der Waals surface area contributed by atoms with Crippen LogP contribution in [0.4, 0.5) is 4.79 Å². The van der Waals surface area contributed by atoms with Gasteiger partial charge in [0.1, 0.15) is 0 Å². The van der Waals surface area contributed by atoms with E-state index in [0.717, 1.165) is 6.42 Å². The summed E-state index contributed by atoms with van der Waals surface area (Å²) < 4.78 is 11.0. The van der Waals surface area contributed by atoms with Gasteiger partial charge >= 0.3 is 12.0 Å². The number of para-hydroxylation sites is 2. The van der Waals surface area contributed by atoms with Crippen LogP contribution in [0.2, 0.25) is 0 Å². The maximum atomic E-state index is 12.2. The van der Waals surface area contributed by atoms with Crippen LogP contribution >= 0.6 is 0 Å². The third kappa shape index (κ3) is 5.55. The lowest BCUT2D eigenvalue weighted by molar-refractivity contribution is -0.143. The fourth-order valence-corrected chi connectivity index (χ4v) is 2.77. The number of rotatable bonds is 7. The fourth-order valence-electron chi connectivity index (χ4n) is 2.77. The zero-order chi connectivity index (χ0) is 18.2. The number of likely N-dealkylation sites (tertiary alicyclic amines) is 1. The molecule has 25 heavy (non-hydrogen) atoms. The van der Waals surface area contributed by atoms with Crippen LogP contribution in [0.3, 0.4) is 0 Å². The molecule has 1 aromatic carbocycles. The largest absolute Gasteiger partial charge is 0.493 e. The zero-order valence-corrected chi connectivity index (χ0v) is 14.7. The quantitative estimate of drug-likeness (QED) is 0.787. The van der Waals surface area contributed by atoms with E-state index in [-0.39, 0.29) is 18.5 Å². The Balaban J connectivity index is 1.74. The number of aliphatic carboxylic acids is 1. The second-order valence-corrected chi connectivity index (χ2v) is 6.38. The van der Waals surface area contributed by atoms with Crippen molar-refractivity contribution in [3.8, 4) is 11.5 Å². The second-order valence-electron chi connectivity index (χ2n) is 6.38. The molecule has 2 atom stereocenters. The average molecular weight is 350 g/mol. The number of amides is 2. The van der Waals surface area contributed by atoms with E-state index in [1.54, 1.807) is 12.0 Å². The van der Waals surface area contributed by atoms with Crippen LogP contribution in [0, 0.1) is 11.8 Å². The molecule has 0 saturated carbocycles. The third-order valence-corrected chi connectivity index (χ3v) is 4.25. The number of nitrogens with one attached hydrogen (secondary N) is 1. The normalized spacial score (nSPS) is 18.3. The lowest BCUT2D eigenvalue weighted by Gasteiger charge is -2.31. The van der Waals surface area contributed by atoms with Gasteiger partial charge in [0.15, 0.2) is 11.5 Å². The van der Waals surface area contributed by atoms with Gasteiger partial charge in [-0.25, -0.2) is 4.79 Å². The number of carboxylic acids is 1. The number of methoxy groups -OCH3 is 1. The van der Waals surface area contributed by atoms with Gasteiger partial charge in [-0.05, 0) is 25.0 Å². The molecule has 0 radical (unpaired) electrons. The Morgan fingerprint density at radius 2 is 2.08 bits per heavy atom. The number of urea groups is 1. The average Bonchev–Trinajstić information content (AvgIpc) is 2.64. The zero-order valence-electron chi connectivity index (χ0n) is 14.7. The molecule has 7 nitrogen and oxygen atoms in total. The second kappa shape index (κ2) is 9.15. The topological polar surface area (TPSA) is 88.1 Å². The molecule has 1 fully saturated rings. The van der Waals surface area contributed by atoms with Crippen molar-refractivity contribution in [3.05, 3.63) is 24.3 Å². The number of nitrogens with zero attached hydrogens (tertiary/aromatic N) is 1. The van der Waals surface area contributed by atoms with E-state index in [2.05, 4.69) is 5.32 Å². The molecule has 2 N–H and O–H groups in total. The highest BCUT2D eigenvalue weighted by atomic mass is 16.5. The van der Waals surface area contributed by atoms with Gasteiger partial charge in [0, 0.05) is 25.6 Å². The predicted molar refractivity (Wildman–Crippen MR) is 93.0 cm³/mol. The number of carbonyl (C=O) groups is 2. The van der Waals surface area contributed by atoms with Crippen LogP contribution in [-0.2, 0) is 4.79 Å². The molecular formula is C18H26N2O5. The minimum absolute atomic E-state index is 0.105. The molecule has 0 aliphatic carbocycles. The van der Waals surface area contributed by atoms with Gasteiger partial charge < -0.3 is 24.8 Å². The Morgan fingerprint density at radius 1 is 1.36 bits per heavy atom. The summed E-state index contributed by atoms with van der Waals surface area (Å²) >= 11 is 0. The third-order valence-electron chi connectivity index (χ3n) is 4.25. The molecule has 0 spiro atoms. The van der Waals surface area contributed by atoms with Crippen molar-refractivity contribution < 1.29 is 24.2 Å². The first-order valence-electron chi connectivity index (χ1n) is 8.52. The molecule has 1 aromatic rings. The van der Waals surface area contributed by atoms with E-state index in [1.807, 2.05) is 31.2 Å². The highest BCUT2D eigenvalue weighted by molar-refractivity contribution is 5.76. The molecule has 1 aliphatic rings. The van der Waals surface area contributed by atoms with Crippen LogP contribution < -0.4 is 14.8 Å². The molecule has 1 aliphatic heterocycles. The molecule has 0 aromatic heterocycles. The summed E-state index contributed by atoms with van der Waals surface area (Å²) in [5, 5.41) is 12.0. The Hall–Kier alpha value is -2.44. The monoisotopic (exact) mass is 350 g/mol. The number of piperidine rings is 1. The van der Waals surface area contributed by atoms with Crippen molar-refractivity contribution in [1.82, 2.24) is 10.2 Å².